The van der Waals surface area contributed by atoms with Crippen LogP contribution in [-0.2, 0) is 60.0 Å². The number of hydroxylamine groups is 2. The lowest BCUT2D eigenvalue weighted by molar-refractivity contribution is -0.213. The van der Waals surface area contributed by atoms with Crippen LogP contribution in [0.5, 0.6) is 0 Å². The standard InChI is InChI=1S/C45H53N3O12/c1-43(2,3)57-36(52)19-18-33(28-50)47-35(51)20-22-46-42(54)44-26-34-37-38(59-45(58-37,31-10-6-4-7-11-31)32-12-8-5-9-13-32)40(44)60-48(39(44)41(53)56-34)27-30-16-14-29(15-17-30)21-24-55-25-23-49/h4-17,21,24,33-34,37-40,49-50H,18-20,22-23,25-28H2,1-3H3,(H,46,54)(H,47,51). The maximum atomic E-state index is 14.8. The number of nitrogens with one attached hydrogen (secondary N) is 2. The number of nitrogens with zero attached hydrogens (tertiary/aromatic N) is 1. The average molecular weight is 828 g/mol. The van der Waals surface area contributed by atoms with Crippen molar-refractivity contribution in [1.29, 1.82) is 0 Å². The molecule has 15 nitrogen and oxygen atoms in total. The summed E-state index contributed by atoms with van der Waals surface area (Å²) in [7, 11) is 0. The van der Waals surface area contributed by atoms with Crippen molar-refractivity contribution in [2.45, 2.75) is 101 Å². The summed E-state index contributed by atoms with van der Waals surface area (Å²) in [5.41, 5.74) is 0.901. The number of hydrogen-bond donors (Lipinski definition) is 4. The highest BCUT2D eigenvalue weighted by molar-refractivity contribution is 5.94. The number of benzene rings is 3. The molecular weight excluding hydrogens is 775 g/mol. The summed E-state index contributed by atoms with van der Waals surface area (Å²) in [6.07, 6.45) is -0.176. The Hall–Kier alpha value is -5.16. The first kappa shape index (κ1) is 42.9. The Bertz CT molecular complexity index is 1970. The van der Waals surface area contributed by atoms with Crippen LogP contribution in [0.2, 0.25) is 0 Å². The molecule has 0 radical (unpaired) electrons. The van der Waals surface area contributed by atoms with E-state index in [4.69, 9.17) is 33.6 Å². The highest BCUT2D eigenvalue weighted by atomic mass is 16.8. The highest BCUT2D eigenvalue weighted by Crippen LogP contribution is 2.59. The van der Waals surface area contributed by atoms with Gasteiger partial charge < -0.3 is 44.5 Å². The number of carbonyl (C=O) groups is 4. The number of esters is 2. The number of aliphatic hydroxyl groups excluding tert-OH is 2. The van der Waals surface area contributed by atoms with Gasteiger partial charge in [0.05, 0.1) is 32.1 Å². The molecule has 2 bridgehead atoms. The molecule has 7 unspecified atom stereocenters. The van der Waals surface area contributed by atoms with Crippen molar-refractivity contribution in [2.75, 3.05) is 26.4 Å². The third kappa shape index (κ3) is 8.97. The summed E-state index contributed by atoms with van der Waals surface area (Å²) in [4.78, 5) is 61.0. The maximum absolute atomic E-state index is 14.8. The number of rotatable bonds is 17. The van der Waals surface area contributed by atoms with Crippen LogP contribution in [0.3, 0.4) is 0 Å². The Kier molecular flexibility index (Phi) is 13.0. The smallest absolute Gasteiger partial charge is 0.327 e. The zero-order valence-electron chi connectivity index (χ0n) is 34.0. The van der Waals surface area contributed by atoms with E-state index in [-0.39, 0.29) is 58.6 Å². The number of hydrogen-bond acceptors (Lipinski definition) is 13. The second kappa shape index (κ2) is 18.2. The van der Waals surface area contributed by atoms with Crippen LogP contribution in [0.25, 0.3) is 6.08 Å². The Morgan fingerprint density at radius 2 is 1.60 bits per heavy atom. The van der Waals surface area contributed by atoms with Gasteiger partial charge in [-0.15, -0.1) is 0 Å². The fourth-order valence-corrected chi connectivity index (χ4v) is 8.50. The van der Waals surface area contributed by atoms with Gasteiger partial charge in [-0.05, 0) is 44.4 Å². The minimum absolute atomic E-state index is 0.00390. The lowest BCUT2D eigenvalue weighted by atomic mass is 9.62. The van der Waals surface area contributed by atoms with Crippen LogP contribution in [0.4, 0.5) is 0 Å². The predicted molar refractivity (Wildman–Crippen MR) is 215 cm³/mol. The Balaban J connectivity index is 1.13. The normalized spacial score (nSPS) is 25.9. The van der Waals surface area contributed by atoms with Gasteiger partial charge in [0.15, 0.2) is 6.04 Å². The first-order valence-corrected chi connectivity index (χ1v) is 20.4. The molecule has 3 heterocycles. The largest absolute Gasteiger partial charge is 0.499 e. The molecule has 4 aliphatic rings. The lowest BCUT2D eigenvalue weighted by Crippen LogP contribution is -2.69. The second-order valence-corrected chi connectivity index (χ2v) is 16.5. The molecule has 3 aromatic carbocycles. The van der Waals surface area contributed by atoms with Crippen LogP contribution in [0.1, 0.15) is 68.7 Å². The maximum Gasteiger partial charge on any atom is 0.327 e. The van der Waals surface area contributed by atoms with E-state index >= 15 is 0 Å². The SMILES string of the molecule is CC(C)(C)OC(=O)CCC(CO)NC(=O)CCNC(=O)C12CC3OC(=O)C1N(Cc1ccc(C=COCCO)cc1)OC2C1OC(c2ccccc2)(c2ccccc2)OC31. The van der Waals surface area contributed by atoms with Crippen molar-refractivity contribution in [3.63, 3.8) is 0 Å². The van der Waals surface area contributed by atoms with Crippen LogP contribution in [0, 0.1) is 5.41 Å². The van der Waals surface area contributed by atoms with Crippen molar-refractivity contribution in [3.8, 4) is 0 Å². The zero-order valence-corrected chi connectivity index (χ0v) is 34.0. The lowest BCUT2D eigenvalue weighted by Gasteiger charge is -2.48. The van der Waals surface area contributed by atoms with Gasteiger partial charge in [0.25, 0.3) is 0 Å². The van der Waals surface area contributed by atoms with Crippen molar-refractivity contribution in [1.82, 2.24) is 15.7 Å². The quantitative estimate of drug-likeness (QED) is 0.0883. The fraction of sp³-hybridized carbons (Fsp3) is 0.467. The fourth-order valence-electron chi connectivity index (χ4n) is 8.50. The van der Waals surface area contributed by atoms with Gasteiger partial charge >= 0.3 is 11.9 Å². The average Bonchev–Trinajstić information content (AvgIpc) is 3.81. The molecule has 320 valence electrons. The number of carbonyl (C=O) groups excluding carboxylic acids is 4. The van der Waals surface area contributed by atoms with E-state index in [0.29, 0.717) is 11.1 Å². The van der Waals surface area contributed by atoms with Crippen LogP contribution >= 0.6 is 0 Å². The van der Waals surface area contributed by atoms with E-state index in [0.717, 1.165) is 11.1 Å². The summed E-state index contributed by atoms with van der Waals surface area (Å²) < 4.78 is 30.7. The summed E-state index contributed by atoms with van der Waals surface area (Å²) in [6.45, 7) is 5.01. The van der Waals surface area contributed by atoms with Gasteiger partial charge in [-0.3, -0.25) is 24.0 Å². The van der Waals surface area contributed by atoms with E-state index in [1.54, 1.807) is 26.8 Å². The summed E-state index contributed by atoms with van der Waals surface area (Å²) in [5, 5.41) is 26.0. The minimum Gasteiger partial charge on any atom is -0.499 e. The molecule has 0 aromatic heterocycles. The van der Waals surface area contributed by atoms with Gasteiger partial charge in [-0.1, -0.05) is 84.9 Å². The minimum atomic E-state index is -1.50. The van der Waals surface area contributed by atoms with Gasteiger partial charge in [0.2, 0.25) is 17.6 Å². The number of amides is 2. The van der Waals surface area contributed by atoms with Crippen LogP contribution in [0.15, 0.2) is 91.2 Å². The number of fused-ring (bicyclic) bond motifs is 4. The summed E-state index contributed by atoms with van der Waals surface area (Å²) in [5.74, 6) is -3.44. The molecule has 3 saturated heterocycles. The Morgan fingerprint density at radius 3 is 2.23 bits per heavy atom. The van der Waals surface area contributed by atoms with Gasteiger partial charge in [0, 0.05) is 36.9 Å². The molecule has 0 spiro atoms. The van der Waals surface area contributed by atoms with E-state index in [9.17, 15) is 24.3 Å². The van der Waals surface area contributed by atoms with Gasteiger partial charge in [-0.2, -0.15) is 5.06 Å². The van der Waals surface area contributed by atoms with E-state index in [1.165, 1.54) is 11.3 Å². The Labute approximate surface area is 348 Å². The van der Waals surface area contributed by atoms with Crippen molar-refractivity contribution in [3.05, 3.63) is 113 Å². The molecule has 1 saturated carbocycles. The van der Waals surface area contributed by atoms with Crippen molar-refractivity contribution in [2.24, 2.45) is 5.41 Å². The molecule has 4 fully saturated rings. The molecule has 3 aliphatic heterocycles. The van der Waals surface area contributed by atoms with Crippen LogP contribution in [-0.4, -0.2) is 107 Å². The molecule has 1 aliphatic carbocycles. The molecule has 7 rings (SSSR count). The molecule has 2 amide bonds. The molecule has 60 heavy (non-hydrogen) atoms. The van der Waals surface area contributed by atoms with Gasteiger partial charge in [0.1, 0.15) is 42.0 Å². The third-order valence-corrected chi connectivity index (χ3v) is 11.1. The van der Waals surface area contributed by atoms with Crippen LogP contribution < -0.4 is 10.6 Å². The molecular formula is C45H53N3O12. The van der Waals surface area contributed by atoms with Crippen molar-refractivity contribution >= 4 is 29.8 Å². The molecule has 15 heteroatoms. The molecule has 7 atom stereocenters. The molecule has 4 N–H and O–H groups in total. The first-order valence-electron chi connectivity index (χ1n) is 20.4. The zero-order chi connectivity index (χ0) is 42.5. The monoisotopic (exact) mass is 827 g/mol. The predicted octanol–water partition coefficient (Wildman–Crippen LogP) is 3.26. The summed E-state index contributed by atoms with van der Waals surface area (Å²) >= 11 is 0. The topological polar surface area (TPSA) is 191 Å². The number of aliphatic hydroxyl groups is 2. The molecule has 3 aromatic rings. The van der Waals surface area contributed by atoms with E-state index in [1.807, 2.05) is 84.9 Å². The van der Waals surface area contributed by atoms with Crippen molar-refractivity contribution < 1.29 is 57.9 Å². The Morgan fingerprint density at radius 1 is 0.933 bits per heavy atom. The summed E-state index contributed by atoms with van der Waals surface area (Å²) in [6, 6.07) is 24.6. The highest BCUT2D eigenvalue weighted by Gasteiger charge is 2.76. The number of ether oxygens (including phenoxy) is 5. The van der Waals surface area contributed by atoms with E-state index in [2.05, 4.69) is 10.6 Å². The first-order chi connectivity index (χ1) is 28.9. The van der Waals surface area contributed by atoms with Gasteiger partial charge in [-0.25, -0.2) is 0 Å². The third-order valence-electron chi connectivity index (χ3n) is 11.1. The second-order valence-electron chi connectivity index (χ2n) is 16.5. The van der Waals surface area contributed by atoms with E-state index < -0.39 is 77.1 Å².